The summed E-state index contributed by atoms with van der Waals surface area (Å²) in [4.78, 5) is 7.43. The van der Waals surface area contributed by atoms with Crippen molar-refractivity contribution >= 4 is 0 Å². The Hall–Kier alpha value is -2.40. The summed E-state index contributed by atoms with van der Waals surface area (Å²) < 4.78 is 5.30. The van der Waals surface area contributed by atoms with E-state index in [1.165, 1.54) is 5.56 Å². The predicted octanol–water partition coefficient (Wildman–Crippen LogP) is 2.23. The molecule has 0 fully saturated rings. The zero-order valence-electron chi connectivity index (χ0n) is 10.3. The van der Waals surface area contributed by atoms with Gasteiger partial charge in [-0.1, -0.05) is 17.3 Å². The first-order valence-corrected chi connectivity index (χ1v) is 6.13. The van der Waals surface area contributed by atoms with E-state index in [-0.39, 0.29) is 0 Å². The van der Waals surface area contributed by atoms with E-state index in [0.29, 0.717) is 18.3 Å². The van der Waals surface area contributed by atoms with Crippen LogP contribution >= 0.6 is 0 Å². The molecule has 3 aromatic rings. The highest BCUT2D eigenvalue weighted by Crippen LogP contribution is 2.22. The van der Waals surface area contributed by atoms with Gasteiger partial charge in [0.2, 0.25) is 5.82 Å². The number of aromatic nitrogens is 3. The maximum atomic E-state index is 5.56. The van der Waals surface area contributed by atoms with Gasteiger partial charge in [0.25, 0.3) is 5.89 Å². The van der Waals surface area contributed by atoms with E-state index in [0.717, 1.165) is 17.7 Å². The van der Waals surface area contributed by atoms with Gasteiger partial charge in [-0.05, 0) is 42.8 Å². The number of rotatable bonds is 4. The molecule has 1 aromatic carbocycles. The molecular weight excluding hydrogens is 240 g/mol. The van der Waals surface area contributed by atoms with Crippen molar-refractivity contribution in [2.24, 2.45) is 5.73 Å². The van der Waals surface area contributed by atoms with Crippen molar-refractivity contribution in [3.05, 3.63) is 48.2 Å². The van der Waals surface area contributed by atoms with Crippen LogP contribution in [0.25, 0.3) is 23.0 Å². The van der Waals surface area contributed by atoms with Crippen LogP contribution in [-0.4, -0.2) is 21.7 Å². The molecule has 5 heteroatoms. The van der Waals surface area contributed by atoms with E-state index >= 15 is 0 Å². The Labute approximate surface area is 110 Å². The average Bonchev–Trinajstić information content (AvgIpc) is 3.11. The van der Waals surface area contributed by atoms with Gasteiger partial charge in [-0.2, -0.15) is 4.98 Å². The van der Waals surface area contributed by atoms with Crippen molar-refractivity contribution in [2.45, 2.75) is 6.42 Å². The van der Waals surface area contributed by atoms with Gasteiger partial charge in [0.05, 0.1) is 5.69 Å². The summed E-state index contributed by atoms with van der Waals surface area (Å²) in [7, 11) is 0. The summed E-state index contributed by atoms with van der Waals surface area (Å²) in [6.45, 7) is 0.626. The van der Waals surface area contributed by atoms with E-state index in [2.05, 4.69) is 15.1 Å². The number of nitrogens with two attached hydrogens (primary N) is 1. The standard InChI is InChI=1S/C14H14N4O/c15-7-6-10-3-1-4-11(9-10)14-17-13(18-19-14)12-5-2-8-16-12/h1-5,8-9,16H,6-7,15H2. The van der Waals surface area contributed by atoms with E-state index in [1.807, 2.05) is 42.6 Å². The van der Waals surface area contributed by atoms with Crippen molar-refractivity contribution in [3.63, 3.8) is 0 Å². The van der Waals surface area contributed by atoms with Crippen molar-refractivity contribution < 1.29 is 4.52 Å². The Morgan fingerprint density at radius 3 is 2.95 bits per heavy atom. The van der Waals surface area contributed by atoms with Gasteiger partial charge in [-0.3, -0.25) is 0 Å². The number of aromatic amines is 1. The smallest absolute Gasteiger partial charge is 0.258 e. The second-order valence-corrected chi connectivity index (χ2v) is 4.25. The molecule has 0 saturated heterocycles. The zero-order valence-corrected chi connectivity index (χ0v) is 10.3. The number of hydrogen-bond acceptors (Lipinski definition) is 4. The Morgan fingerprint density at radius 2 is 2.16 bits per heavy atom. The van der Waals surface area contributed by atoms with Crippen LogP contribution in [0.1, 0.15) is 5.56 Å². The third kappa shape index (κ3) is 2.41. The van der Waals surface area contributed by atoms with Crippen molar-refractivity contribution in [1.29, 1.82) is 0 Å². The molecule has 3 rings (SSSR count). The number of H-pyrrole nitrogens is 1. The highest BCUT2D eigenvalue weighted by atomic mass is 16.5. The normalized spacial score (nSPS) is 10.8. The molecule has 0 atom stereocenters. The van der Waals surface area contributed by atoms with Crippen molar-refractivity contribution in [2.75, 3.05) is 6.54 Å². The van der Waals surface area contributed by atoms with Crippen LogP contribution in [-0.2, 0) is 6.42 Å². The lowest BCUT2D eigenvalue weighted by molar-refractivity contribution is 0.432. The topological polar surface area (TPSA) is 80.7 Å². The Kier molecular flexibility index (Phi) is 3.12. The van der Waals surface area contributed by atoms with E-state index in [4.69, 9.17) is 10.3 Å². The minimum absolute atomic E-state index is 0.517. The summed E-state index contributed by atoms with van der Waals surface area (Å²) in [6.07, 6.45) is 2.67. The van der Waals surface area contributed by atoms with Crippen LogP contribution in [0, 0.1) is 0 Å². The van der Waals surface area contributed by atoms with E-state index in [1.54, 1.807) is 0 Å². The first-order valence-electron chi connectivity index (χ1n) is 6.13. The lowest BCUT2D eigenvalue weighted by Crippen LogP contribution is -2.02. The summed E-state index contributed by atoms with van der Waals surface area (Å²) >= 11 is 0. The highest BCUT2D eigenvalue weighted by Gasteiger charge is 2.11. The van der Waals surface area contributed by atoms with Gasteiger partial charge in [-0.15, -0.1) is 0 Å². The molecular formula is C14H14N4O. The third-order valence-electron chi connectivity index (χ3n) is 2.87. The van der Waals surface area contributed by atoms with Gasteiger partial charge >= 0.3 is 0 Å². The van der Waals surface area contributed by atoms with E-state index < -0.39 is 0 Å². The number of nitrogens with one attached hydrogen (secondary N) is 1. The van der Waals surface area contributed by atoms with Crippen LogP contribution in [0.2, 0.25) is 0 Å². The summed E-state index contributed by atoms with van der Waals surface area (Å²) in [5, 5.41) is 3.97. The fourth-order valence-electron chi connectivity index (χ4n) is 1.95. The lowest BCUT2D eigenvalue weighted by atomic mass is 10.1. The van der Waals surface area contributed by atoms with Crippen LogP contribution in [0.5, 0.6) is 0 Å². The molecule has 96 valence electrons. The number of hydrogen-bond donors (Lipinski definition) is 2. The van der Waals surface area contributed by atoms with Crippen LogP contribution in [0.15, 0.2) is 47.1 Å². The maximum absolute atomic E-state index is 5.56. The predicted molar refractivity (Wildman–Crippen MR) is 72.3 cm³/mol. The first-order chi connectivity index (χ1) is 9.36. The molecule has 3 N–H and O–H groups in total. The fraction of sp³-hybridized carbons (Fsp3) is 0.143. The minimum Gasteiger partial charge on any atom is -0.359 e. The monoisotopic (exact) mass is 254 g/mol. The molecule has 19 heavy (non-hydrogen) atoms. The second-order valence-electron chi connectivity index (χ2n) is 4.25. The van der Waals surface area contributed by atoms with E-state index in [9.17, 15) is 0 Å². The number of benzene rings is 1. The molecule has 5 nitrogen and oxygen atoms in total. The molecule has 0 radical (unpaired) electrons. The van der Waals surface area contributed by atoms with Crippen LogP contribution in [0.3, 0.4) is 0 Å². The molecule has 2 aromatic heterocycles. The van der Waals surface area contributed by atoms with Gasteiger partial charge in [-0.25, -0.2) is 0 Å². The molecule has 0 spiro atoms. The first kappa shape index (κ1) is 11.7. The summed E-state index contributed by atoms with van der Waals surface area (Å²) in [5.74, 6) is 1.08. The largest absolute Gasteiger partial charge is 0.359 e. The Morgan fingerprint density at radius 1 is 1.21 bits per heavy atom. The van der Waals surface area contributed by atoms with Gasteiger partial charge in [0, 0.05) is 11.8 Å². The van der Waals surface area contributed by atoms with Gasteiger partial charge < -0.3 is 15.2 Å². The van der Waals surface area contributed by atoms with Crippen LogP contribution < -0.4 is 5.73 Å². The molecule has 0 saturated carbocycles. The second kappa shape index (κ2) is 5.07. The van der Waals surface area contributed by atoms with Gasteiger partial charge in [0.1, 0.15) is 0 Å². The molecule has 0 bridgehead atoms. The molecule has 0 aliphatic rings. The number of nitrogens with zero attached hydrogens (tertiary/aromatic N) is 2. The zero-order chi connectivity index (χ0) is 13.1. The SMILES string of the molecule is NCCc1cccc(-c2nc(-c3ccc[nH]3)no2)c1. The van der Waals surface area contributed by atoms with Crippen molar-refractivity contribution in [3.8, 4) is 23.0 Å². The third-order valence-corrected chi connectivity index (χ3v) is 2.87. The minimum atomic E-state index is 0.517. The molecule has 0 aliphatic heterocycles. The summed E-state index contributed by atoms with van der Waals surface area (Å²) in [6, 6.07) is 11.8. The Bertz CT molecular complexity index is 658. The Balaban J connectivity index is 1.92. The van der Waals surface area contributed by atoms with Crippen LogP contribution in [0.4, 0.5) is 0 Å². The lowest BCUT2D eigenvalue weighted by Gasteiger charge is -1.99. The fourth-order valence-corrected chi connectivity index (χ4v) is 1.95. The van der Waals surface area contributed by atoms with Gasteiger partial charge in [0.15, 0.2) is 0 Å². The molecule has 0 amide bonds. The molecule has 0 aliphatic carbocycles. The average molecular weight is 254 g/mol. The summed E-state index contributed by atoms with van der Waals surface area (Å²) in [5.41, 5.74) is 8.48. The highest BCUT2D eigenvalue weighted by molar-refractivity contribution is 5.58. The van der Waals surface area contributed by atoms with Crippen molar-refractivity contribution in [1.82, 2.24) is 15.1 Å². The quantitative estimate of drug-likeness (QED) is 0.748. The maximum Gasteiger partial charge on any atom is 0.258 e. The molecule has 0 unspecified atom stereocenters. The molecule has 2 heterocycles.